The van der Waals surface area contributed by atoms with E-state index < -0.39 is 0 Å². The molecule has 150 valence electrons. The van der Waals surface area contributed by atoms with Crippen molar-refractivity contribution >= 4 is 5.82 Å². The number of aromatic nitrogens is 4. The van der Waals surface area contributed by atoms with Crippen molar-refractivity contribution in [1.82, 2.24) is 20.0 Å². The van der Waals surface area contributed by atoms with Crippen LogP contribution in [0.5, 0.6) is 0 Å². The van der Waals surface area contributed by atoms with Crippen molar-refractivity contribution in [3.8, 4) is 11.5 Å². The molecule has 0 aromatic carbocycles. The first-order valence-electron chi connectivity index (χ1n) is 11.0. The second kappa shape index (κ2) is 7.05. The molecule has 2 atom stereocenters. The van der Waals surface area contributed by atoms with Crippen LogP contribution in [0.15, 0.2) is 22.8 Å². The van der Waals surface area contributed by atoms with Crippen LogP contribution in [0.1, 0.15) is 83.4 Å². The number of hydrogen-bond donors (Lipinski definition) is 1. The molecule has 0 bridgehead atoms. The fraction of sp³-hybridized carbons (Fsp3) is 0.682. The molecule has 5 rings (SSSR count). The highest BCUT2D eigenvalue weighted by Crippen LogP contribution is 2.42. The Kier molecular flexibility index (Phi) is 4.52. The molecule has 0 radical (unpaired) electrons. The Bertz CT molecular complexity index is 858. The summed E-state index contributed by atoms with van der Waals surface area (Å²) in [6.07, 6.45) is 17.4. The summed E-state index contributed by atoms with van der Waals surface area (Å²) in [6.45, 7) is 4.58. The van der Waals surface area contributed by atoms with Gasteiger partial charge in [-0.1, -0.05) is 31.4 Å². The highest BCUT2D eigenvalue weighted by atomic mass is 16.4. The van der Waals surface area contributed by atoms with Crippen LogP contribution in [0.4, 0.5) is 5.82 Å². The van der Waals surface area contributed by atoms with E-state index in [1.54, 1.807) is 0 Å². The zero-order valence-corrected chi connectivity index (χ0v) is 17.0. The number of nitrogens with one attached hydrogen (secondary N) is 1. The average molecular weight is 382 g/mol. The van der Waals surface area contributed by atoms with Crippen LogP contribution < -0.4 is 5.32 Å². The molecule has 3 aliphatic rings. The molecular weight excluding hydrogens is 350 g/mol. The third-order valence-electron chi connectivity index (χ3n) is 6.89. The van der Waals surface area contributed by atoms with Gasteiger partial charge in [0.15, 0.2) is 0 Å². The largest absolute Gasteiger partial charge is 0.420 e. The normalized spacial score (nSPS) is 27.4. The predicted molar refractivity (Wildman–Crippen MR) is 109 cm³/mol. The van der Waals surface area contributed by atoms with Gasteiger partial charge in [0.05, 0.1) is 11.7 Å². The highest BCUT2D eigenvalue weighted by Gasteiger charge is 2.39. The van der Waals surface area contributed by atoms with E-state index in [-0.39, 0.29) is 5.54 Å². The second-order valence-electron chi connectivity index (χ2n) is 9.41. The first-order chi connectivity index (χ1) is 13.6. The van der Waals surface area contributed by atoms with Crippen LogP contribution in [-0.2, 0) is 5.54 Å². The van der Waals surface area contributed by atoms with Crippen LogP contribution >= 0.6 is 0 Å². The lowest BCUT2D eigenvalue weighted by Gasteiger charge is -2.42. The van der Waals surface area contributed by atoms with E-state index in [1.807, 2.05) is 6.20 Å². The van der Waals surface area contributed by atoms with Crippen molar-refractivity contribution in [2.75, 3.05) is 5.32 Å². The standard InChI is InChI=1S/C22H31N5O/c1-22(2)13-18(15-9-5-3-6-10-15)24-19-17(14-23-27(19)22)21-26-25-20(28-21)16-11-7-4-8-12-16/h4,7,14-16,18,24H,3,5-6,8-13H2,1-2H3. The zero-order chi connectivity index (χ0) is 19.1. The van der Waals surface area contributed by atoms with Crippen LogP contribution in [0.3, 0.4) is 0 Å². The monoisotopic (exact) mass is 381 g/mol. The van der Waals surface area contributed by atoms with E-state index in [4.69, 9.17) is 9.52 Å². The van der Waals surface area contributed by atoms with Gasteiger partial charge < -0.3 is 9.73 Å². The molecule has 1 N–H and O–H groups in total. The number of allylic oxidation sites excluding steroid dienone is 2. The lowest BCUT2D eigenvalue weighted by Crippen LogP contribution is -2.45. The molecule has 2 aliphatic carbocycles. The summed E-state index contributed by atoms with van der Waals surface area (Å²) >= 11 is 0. The molecule has 2 unspecified atom stereocenters. The topological polar surface area (TPSA) is 68.8 Å². The molecular formula is C22H31N5O. The van der Waals surface area contributed by atoms with Gasteiger partial charge in [0.2, 0.25) is 5.89 Å². The molecule has 0 amide bonds. The lowest BCUT2D eigenvalue weighted by atomic mass is 9.78. The summed E-state index contributed by atoms with van der Waals surface area (Å²) in [5.41, 5.74) is 0.927. The summed E-state index contributed by atoms with van der Waals surface area (Å²) in [6, 6.07) is 0.490. The Morgan fingerprint density at radius 2 is 1.96 bits per heavy atom. The van der Waals surface area contributed by atoms with Gasteiger partial charge in [-0.25, -0.2) is 4.68 Å². The molecule has 6 heteroatoms. The summed E-state index contributed by atoms with van der Waals surface area (Å²) < 4.78 is 8.25. The van der Waals surface area contributed by atoms with Crippen molar-refractivity contribution in [2.24, 2.45) is 5.92 Å². The van der Waals surface area contributed by atoms with Crippen LogP contribution in [0, 0.1) is 5.92 Å². The number of anilines is 1. The maximum absolute atomic E-state index is 6.13. The maximum Gasteiger partial charge on any atom is 0.253 e. The summed E-state index contributed by atoms with van der Waals surface area (Å²) in [5.74, 6) is 3.50. The van der Waals surface area contributed by atoms with Gasteiger partial charge in [0.1, 0.15) is 11.4 Å². The molecule has 0 saturated heterocycles. The minimum atomic E-state index is -0.0159. The molecule has 1 fully saturated rings. The van der Waals surface area contributed by atoms with E-state index in [0.29, 0.717) is 17.9 Å². The quantitative estimate of drug-likeness (QED) is 0.735. The SMILES string of the molecule is CC1(C)CC(C2CCCCC2)Nc2c(-c3nnc(C4CC=CCC4)o3)cnn21. The minimum absolute atomic E-state index is 0.0159. The Morgan fingerprint density at radius 1 is 1.11 bits per heavy atom. The Labute approximate surface area is 166 Å². The van der Waals surface area contributed by atoms with Gasteiger partial charge in [-0.15, -0.1) is 10.2 Å². The van der Waals surface area contributed by atoms with Crippen molar-refractivity contribution in [2.45, 2.75) is 89.1 Å². The third kappa shape index (κ3) is 3.16. The fourth-order valence-corrected chi connectivity index (χ4v) is 5.30. The molecule has 2 aromatic rings. The summed E-state index contributed by atoms with van der Waals surface area (Å²) in [5, 5.41) is 17.3. The number of fused-ring (bicyclic) bond motifs is 1. The van der Waals surface area contributed by atoms with E-state index in [1.165, 1.54) is 32.1 Å². The smallest absolute Gasteiger partial charge is 0.253 e. The Hall–Kier alpha value is -2.11. The molecule has 0 spiro atoms. The molecule has 6 nitrogen and oxygen atoms in total. The second-order valence-corrected chi connectivity index (χ2v) is 9.41. The first-order valence-corrected chi connectivity index (χ1v) is 11.0. The van der Waals surface area contributed by atoms with Gasteiger partial charge in [-0.3, -0.25) is 0 Å². The minimum Gasteiger partial charge on any atom is -0.420 e. The molecule has 28 heavy (non-hydrogen) atoms. The third-order valence-corrected chi connectivity index (χ3v) is 6.89. The maximum atomic E-state index is 6.13. The van der Waals surface area contributed by atoms with Crippen molar-refractivity contribution < 1.29 is 4.42 Å². The van der Waals surface area contributed by atoms with E-state index in [0.717, 1.165) is 48.9 Å². The van der Waals surface area contributed by atoms with E-state index in [9.17, 15) is 0 Å². The summed E-state index contributed by atoms with van der Waals surface area (Å²) in [4.78, 5) is 0. The van der Waals surface area contributed by atoms with E-state index >= 15 is 0 Å². The van der Waals surface area contributed by atoms with Crippen molar-refractivity contribution in [1.29, 1.82) is 0 Å². The van der Waals surface area contributed by atoms with Crippen molar-refractivity contribution in [3.63, 3.8) is 0 Å². The van der Waals surface area contributed by atoms with Gasteiger partial charge in [-0.2, -0.15) is 5.10 Å². The molecule has 1 saturated carbocycles. The van der Waals surface area contributed by atoms with Crippen LogP contribution in [0.25, 0.3) is 11.5 Å². The van der Waals surface area contributed by atoms with Gasteiger partial charge >= 0.3 is 0 Å². The summed E-state index contributed by atoms with van der Waals surface area (Å²) in [7, 11) is 0. The Balaban J connectivity index is 1.44. The Morgan fingerprint density at radius 3 is 2.75 bits per heavy atom. The van der Waals surface area contributed by atoms with Gasteiger partial charge in [0, 0.05) is 12.0 Å². The van der Waals surface area contributed by atoms with Crippen LogP contribution in [-0.4, -0.2) is 26.0 Å². The van der Waals surface area contributed by atoms with Gasteiger partial charge in [0.25, 0.3) is 5.89 Å². The molecule has 1 aliphatic heterocycles. The number of rotatable bonds is 3. The van der Waals surface area contributed by atoms with Gasteiger partial charge in [-0.05, 0) is 58.3 Å². The first kappa shape index (κ1) is 18.0. The van der Waals surface area contributed by atoms with Crippen LogP contribution in [0.2, 0.25) is 0 Å². The predicted octanol–water partition coefficient (Wildman–Crippen LogP) is 5.26. The average Bonchev–Trinajstić information content (AvgIpc) is 3.36. The molecule has 2 aromatic heterocycles. The van der Waals surface area contributed by atoms with Crippen molar-refractivity contribution in [3.05, 3.63) is 24.2 Å². The fourth-order valence-electron chi connectivity index (χ4n) is 5.30. The zero-order valence-electron chi connectivity index (χ0n) is 17.0. The number of nitrogens with zero attached hydrogens (tertiary/aromatic N) is 4. The number of hydrogen-bond acceptors (Lipinski definition) is 5. The highest BCUT2D eigenvalue weighted by molar-refractivity contribution is 5.70. The lowest BCUT2D eigenvalue weighted by molar-refractivity contribution is 0.206. The molecule has 3 heterocycles. The van der Waals surface area contributed by atoms with E-state index in [2.05, 4.69) is 46.2 Å².